The molecule has 0 saturated heterocycles. The average Bonchev–Trinajstić information content (AvgIpc) is 2.55. The number of rotatable bonds is 0. The third-order valence-corrected chi connectivity index (χ3v) is 5.25. The van der Waals surface area contributed by atoms with Crippen LogP contribution in [0.25, 0.3) is 0 Å². The van der Waals surface area contributed by atoms with E-state index in [9.17, 15) is 4.79 Å². The number of esters is 1. The second-order valence-electron chi connectivity index (χ2n) is 6.04. The van der Waals surface area contributed by atoms with Crippen molar-refractivity contribution < 1.29 is 9.53 Å². The first-order valence-electron chi connectivity index (χ1n) is 6.60. The minimum Gasteiger partial charge on any atom is -0.454 e. The number of hydrogen-bond acceptors (Lipinski definition) is 2. The fraction of sp³-hybridized carbons (Fsp3) is 0.667. The summed E-state index contributed by atoms with van der Waals surface area (Å²) in [4.78, 5) is 11.6. The lowest BCUT2D eigenvalue weighted by molar-refractivity contribution is -0.141. The van der Waals surface area contributed by atoms with Gasteiger partial charge in [-0.15, -0.1) is 0 Å². The summed E-state index contributed by atoms with van der Waals surface area (Å²) in [5.74, 6) is 0.592. The summed E-state index contributed by atoms with van der Waals surface area (Å²) >= 11 is 0. The second-order valence-corrected chi connectivity index (χ2v) is 6.04. The average molecular weight is 232 g/mol. The van der Waals surface area contributed by atoms with Gasteiger partial charge in [0.05, 0.1) is 0 Å². The summed E-state index contributed by atoms with van der Waals surface area (Å²) < 4.78 is 5.47. The Morgan fingerprint density at radius 3 is 2.94 bits per heavy atom. The first kappa shape index (κ1) is 11.1. The molecule has 0 N–H and O–H groups in total. The van der Waals surface area contributed by atoms with E-state index in [4.69, 9.17) is 4.74 Å². The molecule has 0 aromatic rings. The van der Waals surface area contributed by atoms with Gasteiger partial charge in [-0.3, -0.25) is 0 Å². The molecule has 2 aliphatic carbocycles. The predicted molar refractivity (Wildman–Crippen MR) is 66.4 cm³/mol. The summed E-state index contributed by atoms with van der Waals surface area (Å²) in [5.41, 5.74) is 3.91. The Kier molecular flexibility index (Phi) is 2.26. The predicted octanol–water partition coefficient (Wildman–Crippen LogP) is 3.38. The van der Waals surface area contributed by atoms with Crippen LogP contribution < -0.4 is 0 Å². The van der Waals surface area contributed by atoms with E-state index >= 15 is 0 Å². The van der Waals surface area contributed by atoms with Gasteiger partial charge >= 0.3 is 5.97 Å². The van der Waals surface area contributed by atoms with Crippen LogP contribution in [0.2, 0.25) is 0 Å². The number of carbonyl (C=O) groups is 1. The Hall–Kier alpha value is -1.05. The molecule has 1 heterocycles. The maximum absolute atomic E-state index is 11.6. The molecule has 2 nitrogen and oxygen atoms in total. The van der Waals surface area contributed by atoms with E-state index < -0.39 is 0 Å². The normalized spacial score (nSPS) is 40.6. The van der Waals surface area contributed by atoms with Crippen molar-refractivity contribution in [2.75, 3.05) is 0 Å². The number of carbonyl (C=O) groups excluding carboxylic acids is 1. The van der Waals surface area contributed by atoms with Gasteiger partial charge in [0.15, 0.2) is 0 Å². The van der Waals surface area contributed by atoms with Crippen LogP contribution in [0.3, 0.4) is 0 Å². The van der Waals surface area contributed by atoms with Gasteiger partial charge in [0, 0.05) is 5.57 Å². The summed E-state index contributed by atoms with van der Waals surface area (Å²) in [6, 6.07) is 0. The number of fused-ring (bicyclic) bond motifs is 2. The minimum absolute atomic E-state index is 0.0890. The van der Waals surface area contributed by atoms with Crippen molar-refractivity contribution in [3.63, 3.8) is 0 Å². The van der Waals surface area contributed by atoms with E-state index in [1.807, 2.05) is 6.92 Å². The molecule has 0 aromatic heterocycles. The van der Waals surface area contributed by atoms with Gasteiger partial charge in [0.1, 0.15) is 6.10 Å². The first-order valence-corrected chi connectivity index (χ1v) is 6.60. The van der Waals surface area contributed by atoms with Crippen LogP contribution in [-0.2, 0) is 9.53 Å². The monoisotopic (exact) mass is 232 g/mol. The number of allylic oxidation sites excluding steroid dienone is 2. The molecular weight excluding hydrogens is 212 g/mol. The Morgan fingerprint density at radius 1 is 1.41 bits per heavy atom. The lowest BCUT2D eigenvalue weighted by Gasteiger charge is -2.47. The van der Waals surface area contributed by atoms with Crippen molar-refractivity contribution >= 4 is 5.97 Å². The summed E-state index contributed by atoms with van der Waals surface area (Å²) in [6.07, 6.45) is 6.94. The van der Waals surface area contributed by atoms with Crippen molar-refractivity contribution in [2.24, 2.45) is 11.3 Å². The van der Waals surface area contributed by atoms with E-state index in [-0.39, 0.29) is 17.5 Å². The summed E-state index contributed by atoms with van der Waals surface area (Å²) in [7, 11) is 0. The topological polar surface area (TPSA) is 26.3 Å². The maximum atomic E-state index is 11.6. The molecule has 17 heavy (non-hydrogen) atoms. The zero-order chi connectivity index (χ0) is 12.2. The molecule has 0 spiro atoms. The second kappa shape index (κ2) is 3.47. The van der Waals surface area contributed by atoms with Crippen LogP contribution in [0.1, 0.15) is 46.5 Å². The lowest BCUT2D eigenvalue weighted by atomic mass is 9.58. The molecule has 92 valence electrons. The quantitative estimate of drug-likeness (QED) is 0.472. The molecular formula is C15H20O2. The van der Waals surface area contributed by atoms with Gasteiger partial charge in [-0.1, -0.05) is 18.6 Å². The van der Waals surface area contributed by atoms with Crippen molar-refractivity contribution in [1.82, 2.24) is 0 Å². The molecule has 1 fully saturated rings. The van der Waals surface area contributed by atoms with Gasteiger partial charge in [-0.25, -0.2) is 4.79 Å². The molecule has 1 saturated carbocycles. The zero-order valence-electron chi connectivity index (χ0n) is 10.9. The molecule has 2 heteroatoms. The highest BCUT2D eigenvalue weighted by atomic mass is 16.5. The van der Waals surface area contributed by atoms with Crippen molar-refractivity contribution in [1.29, 1.82) is 0 Å². The zero-order valence-corrected chi connectivity index (χ0v) is 10.9. The molecule has 0 aromatic carbocycles. The highest BCUT2D eigenvalue weighted by molar-refractivity contribution is 5.91. The van der Waals surface area contributed by atoms with Crippen molar-refractivity contribution in [2.45, 2.75) is 52.6 Å². The van der Waals surface area contributed by atoms with Crippen LogP contribution in [0.5, 0.6) is 0 Å². The van der Waals surface area contributed by atoms with Gasteiger partial charge in [-0.2, -0.15) is 0 Å². The van der Waals surface area contributed by atoms with E-state index in [0.717, 1.165) is 18.4 Å². The third-order valence-electron chi connectivity index (χ3n) is 5.25. The molecule has 0 amide bonds. The van der Waals surface area contributed by atoms with Gasteiger partial charge in [0.25, 0.3) is 0 Å². The van der Waals surface area contributed by atoms with Crippen LogP contribution >= 0.6 is 0 Å². The lowest BCUT2D eigenvalue weighted by Crippen LogP contribution is -2.40. The SMILES string of the molecule is CC1=CCC[C@@H]2C[C@@H]3OC(=O)C(C)=C3C[C@]12C. The maximum Gasteiger partial charge on any atom is 0.334 e. The Bertz CT molecular complexity index is 444. The standard InChI is InChI=1S/C15H20O2/c1-9-5-4-6-11-7-13-12(8-15(9,11)3)10(2)14(16)17-13/h5,11,13H,4,6-8H2,1-3H3/t11-,13+,15-/m1/s1. The number of ether oxygens (including phenoxy) is 1. The van der Waals surface area contributed by atoms with Crippen molar-refractivity contribution in [3.8, 4) is 0 Å². The molecule has 1 aliphatic heterocycles. The molecule has 0 bridgehead atoms. The number of hydrogen-bond donors (Lipinski definition) is 0. The van der Waals surface area contributed by atoms with Crippen molar-refractivity contribution in [3.05, 3.63) is 22.8 Å². The Labute approximate surface area is 103 Å². The largest absolute Gasteiger partial charge is 0.454 e. The van der Waals surface area contributed by atoms with Crippen LogP contribution in [0.15, 0.2) is 22.8 Å². The van der Waals surface area contributed by atoms with Crippen LogP contribution in [-0.4, -0.2) is 12.1 Å². The molecule has 3 atom stereocenters. The molecule has 3 aliphatic rings. The third kappa shape index (κ3) is 1.42. The van der Waals surface area contributed by atoms with E-state index in [1.165, 1.54) is 24.0 Å². The van der Waals surface area contributed by atoms with Gasteiger partial charge in [-0.05, 0) is 56.4 Å². The fourth-order valence-corrected chi connectivity index (χ4v) is 3.79. The van der Waals surface area contributed by atoms with Crippen LogP contribution in [0.4, 0.5) is 0 Å². The molecule has 0 unspecified atom stereocenters. The highest BCUT2D eigenvalue weighted by Crippen LogP contribution is 2.54. The van der Waals surface area contributed by atoms with E-state index in [2.05, 4.69) is 19.9 Å². The highest BCUT2D eigenvalue weighted by Gasteiger charge is 2.48. The van der Waals surface area contributed by atoms with E-state index in [1.54, 1.807) is 0 Å². The minimum atomic E-state index is -0.0890. The summed E-state index contributed by atoms with van der Waals surface area (Å²) in [6.45, 7) is 6.53. The summed E-state index contributed by atoms with van der Waals surface area (Å²) in [5, 5.41) is 0. The van der Waals surface area contributed by atoms with E-state index in [0.29, 0.717) is 5.92 Å². The molecule has 0 radical (unpaired) electrons. The van der Waals surface area contributed by atoms with Gasteiger partial charge < -0.3 is 4.74 Å². The molecule has 3 rings (SSSR count). The Morgan fingerprint density at radius 2 is 2.18 bits per heavy atom. The van der Waals surface area contributed by atoms with Crippen LogP contribution in [0, 0.1) is 11.3 Å². The fourth-order valence-electron chi connectivity index (χ4n) is 3.79. The van der Waals surface area contributed by atoms with Gasteiger partial charge in [0.2, 0.25) is 0 Å². The smallest absolute Gasteiger partial charge is 0.334 e. The Balaban J connectivity index is 2.01. The first-order chi connectivity index (χ1) is 8.02.